The molecular formula is C13H17N3O. The van der Waals surface area contributed by atoms with E-state index in [1.807, 2.05) is 29.2 Å². The first-order chi connectivity index (χ1) is 8.18. The molecule has 0 aliphatic carbocycles. The van der Waals surface area contributed by atoms with Crippen molar-refractivity contribution in [1.29, 1.82) is 0 Å². The van der Waals surface area contributed by atoms with Crippen molar-refractivity contribution in [3.05, 3.63) is 27.9 Å². The molecule has 3 rings (SSSR count). The summed E-state index contributed by atoms with van der Waals surface area (Å²) in [7, 11) is 1.93. The summed E-state index contributed by atoms with van der Waals surface area (Å²) in [6.07, 6.45) is 4.35. The average molecular weight is 231 g/mol. The quantitative estimate of drug-likeness (QED) is 0.693. The molecule has 4 nitrogen and oxygen atoms in total. The summed E-state index contributed by atoms with van der Waals surface area (Å²) in [4.78, 5) is 17.1. The third-order valence-electron chi connectivity index (χ3n) is 3.74. The monoisotopic (exact) mass is 231 g/mol. The second-order valence-corrected chi connectivity index (χ2v) is 4.87. The Labute approximate surface area is 99.9 Å². The molecule has 90 valence electrons. The van der Waals surface area contributed by atoms with Crippen LogP contribution in [0.15, 0.2) is 10.9 Å². The third kappa shape index (κ3) is 1.51. The highest BCUT2D eigenvalue weighted by atomic mass is 16.1. The van der Waals surface area contributed by atoms with E-state index in [-0.39, 0.29) is 5.56 Å². The average Bonchev–Trinajstić information content (AvgIpc) is 2.51. The Bertz CT molecular complexity index is 636. The highest BCUT2D eigenvalue weighted by molar-refractivity contribution is 5.76. The van der Waals surface area contributed by atoms with Gasteiger partial charge >= 0.3 is 0 Å². The summed E-state index contributed by atoms with van der Waals surface area (Å²) in [5, 5.41) is 0. The summed E-state index contributed by atoms with van der Waals surface area (Å²) in [5.74, 6) is 0.964. The smallest absolute Gasteiger partial charge is 0.278 e. The minimum atomic E-state index is 0.127. The van der Waals surface area contributed by atoms with E-state index in [2.05, 4.69) is 4.98 Å². The second-order valence-electron chi connectivity index (χ2n) is 4.87. The molecule has 0 spiro atoms. The lowest BCUT2D eigenvalue weighted by atomic mass is 10.2. The molecule has 0 amide bonds. The van der Waals surface area contributed by atoms with E-state index in [1.165, 1.54) is 6.42 Å². The van der Waals surface area contributed by atoms with Crippen LogP contribution < -0.4 is 5.56 Å². The molecule has 3 heterocycles. The largest absolute Gasteiger partial charge is 0.342 e. The van der Waals surface area contributed by atoms with Gasteiger partial charge in [-0.1, -0.05) is 6.42 Å². The van der Waals surface area contributed by atoms with E-state index in [0.29, 0.717) is 0 Å². The number of hydrogen-bond donors (Lipinski definition) is 0. The molecule has 0 unspecified atom stereocenters. The molecule has 0 saturated heterocycles. The first-order valence-corrected chi connectivity index (χ1v) is 6.24. The molecule has 17 heavy (non-hydrogen) atoms. The summed E-state index contributed by atoms with van der Waals surface area (Å²) in [6, 6.07) is 2.00. The summed E-state index contributed by atoms with van der Waals surface area (Å²) in [5.41, 5.74) is 2.81. The van der Waals surface area contributed by atoms with Gasteiger partial charge in [0.05, 0.1) is 5.52 Å². The Morgan fingerprint density at radius 3 is 2.94 bits per heavy atom. The Balaban J connectivity index is 2.37. The number of hydrogen-bond acceptors (Lipinski definition) is 2. The number of rotatable bonds is 0. The van der Waals surface area contributed by atoms with Crippen molar-refractivity contribution in [2.75, 3.05) is 0 Å². The standard InChI is InChI=1S/C13H17N3O/c1-9-8-10-12(15(9)2)13(17)16-7-5-3-4-6-11(16)14-10/h8H,3-7H2,1-2H3. The highest BCUT2D eigenvalue weighted by Gasteiger charge is 2.16. The maximum atomic E-state index is 12.5. The minimum absolute atomic E-state index is 0.127. The van der Waals surface area contributed by atoms with Gasteiger partial charge in [-0.15, -0.1) is 0 Å². The molecule has 0 aromatic carbocycles. The fraction of sp³-hybridized carbons (Fsp3) is 0.538. The van der Waals surface area contributed by atoms with Gasteiger partial charge in [0.25, 0.3) is 5.56 Å². The van der Waals surface area contributed by atoms with Crippen molar-refractivity contribution in [2.45, 2.75) is 39.2 Å². The highest BCUT2D eigenvalue weighted by Crippen LogP contribution is 2.17. The van der Waals surface area contributed by atoms with Gasteiger partial charge in [0.2, 0.25) is 0 Å². The molecule has 0 saturated carbocycles. The summed E-state index contributed by atoms with van der Waals surface area (Å²) < 4.78 is 3.82. The van der Waals surface area contributed by atoms with Crippen LogP contribution in [0.25, 0.3) is 11.0 Å². The van der Waals surface area contributed by atoms with Crippen LogP contribution in [0.3, 0.4) is 0 Å². The van der Waals surface area contributed by atoms with Crippen LogP contribution in [-0.4, -0.2) is 14.1 Å². The lowest BCUT2D eigenvalue weighted by Crippen LogP contribution is -2.25. The van der Waals surface area contributed by atoms with Gasteiger partial charge in [-0.3, -0.25) is 9.36 Å². The molecule has 2 aromatic heterocycles. The SMILES string of the molecule is Cc1cc2nc3n(c(=O)c2n1C)CCCCC3. The van der Waals surface area contributed by atoms with Crippen LogP contribution in [0, 0.1) is 6.92 Å². The number of aromatic nitrogens is 3. The van der Waals surface area contributed by atoms with E-state index < -0.39 is 0 Å². The molecule has 0 fully saturated rings. The normalized spacial score (nSPS) is 15.9. The summed E-state index contributed by atoms with van der Waals surface area (Å²) >= 11 is 0. The lowest BCUT2D eigenvalue weighted by Gasteiger charge is -2.08. The van der Waals surface area contributed by atoms with Crippen LogP contribution >= 0.6 is 0 Å². The van der Waals surface area contributed by atoms with Crippen LogP contribution in [0.5, 0.6) is 0 Å². The topological polar surface area (TPSA) is 39.8 Å². The van der Waals surface area contributed by atoms with E-state index in [4.69, 9.17) is 0 Å². The van der Waals surface area contributed by atoms with Gasteiger partial charge in [0.1, 0.15) is 11.3 Å². The van der Waals surface area contributed by atoms with Crippen molar-refractivity contribution < 1.29 is 0 Å². The van der Waals surface area contributed by atoms with Crippen LogP contribution in [-0.2, 0) is 20.0 Å². The lowest BCUT2D eigenvalue weighted by molar-refractivity contribution is 0.612. The zero-order valence-electron chi connectivity index (χ0n) is 10.4. The zero-order chi connectivity index (χ0) is 12.0. The first-order valence-electron chi connectivity index (χ1n) is 6.24. The van der Waals surface area contributed by atoms with E-state index in [1.54, 1.807) is 0 Å². The molecular weight excluding hydrogens is 214 g/mol. The Kier molecular flexibility index (Phi) is 2.31. The maximum absolute atomic E-state index is 12.5. The third-order valence-corrected chi connectivity index (χ3v) is 3.74. The number of nitrogens with zero attached hydrogens (tertiary/aromatic N) is 3. The molecule has 0 radical (unpaired) electrons. The first kappa shape index (κ1) is 10.6. The van der Waals surface area contributed by atoms with Crippen molar-refractivity contribution in [3.63, 3.8) is 0 Å². The molecule has 1 aliphatic rings. The number of aryl methyl sites for hydroxylation is 3. The molecule has 2 aromatic rings. The van der Waals surface area contributed by atoms with Crippen molar-refractivity contribution in [1.82, 2.24) is 14.1 Å². The fourth-order valence-corrected chi connectivity index (χ4v) is 2.65. The van der Waals surface area contributed by atoms with E-state index in [0.717, 1.165) is 48.4 Å². The minimum Gasteiger partial charge on any atom is -0.342 e. The predicted octanol–water partition coefficient (Wildman–Crippen LogP) is 1.77. The molecule has 0 bridgehead atoms. The van der Waals surface area contributed by atoms with Crippen LogP contribution in [0.4, 0.5) is 0 Å². The van der Waals surface area contributed by atoms with E-state index in [9.17, 15) is 4.79 Å². The van der Waals surface area contributed by atoms with Crippen molar-refractivity contribution in [3.8, 4) is 0 Å². The molecule has 0 atom stereocenters. The van der Waals surface area contributed by atoms with Gasteiger partial charge in [0.15, 0.2) is 0 Å². The van der Waals surface area contributed by atoms with Gasteiger partial charge in [0, 0.05) is 25.7 Å². The molecule has 4 heteroatoms. The summed E-state index contributed by atoms with van der Waals surface area (Å²) in [6.45, 7) is 2.83. The Morgan fingerprint density at radius 1 is 1.29 bits per heavy atom. The number of fused-ring (bicyclic) bond motifs is 2. The molecule has 1 aliphatic heterocycles. The zero-order valence-corrected chi connectivity index (χ0v) is 10.4. The van der Waals surface area contributed by atoms with Gasteiger partial charge in [-0.2, -0.15) is 0 Å². The maximum Gasteiger partial charge on any atom is 0.278 e. The molecule has 0 N–H and O–H groups in total. The van der Waals surface area contributed by atoms with Crippen molar-refractivity contribution in [2.24, 2.45) is 7.05 Å². The van der Waals surface area contributed by atoms with Gasteiger partial charge in [-0.05, 0) is 25.8 Å². The fourth-order valence-electron chi connectivity index (χ4n) is 2.65. The van der Waals surface area contributed by atoms with Crippen LogP contribution in [0.1, 0.15) is 30.8 Å². The second kappa shape index (κ2) is 3.72. The predicted molar refractivity (Wildman–Crippen MR) is 67.3 cm³/mol. The Morgan fingerprint density at radius 2 is 2.12 bits per heavy atom. The van der Waals surface area contributed by atoms with Gasteiger partial charge in [-0.25, -0.2) is 4.98 Å². The Hall–Kier alpha value is -1.58. The van der Waals surface area contributed by atoms with E-state index >= 15 is 0 Å². The van der Waals surface area contributed by atoms with Crippen molar-refractivity contribution >= 4 is 11.0 Å². The van der Waals surface area contributed by atoms with Crippen LogP contribution in [0.2, 0.25) is 0 Å². The van der Waals surface area contributed by atoms with Gasteiger partial charge < -0.3 is 4.57 Å².